The van der Waals surface area contributed by atoms with Crippen LogP contribution in [0.3, 0.4) is 0 Å². The highest BCUT2D eigenvalue weighted by molar-refractivity contribution is 5.81. The van der Waals surface area contributed by atoms with E-state index in [1.807, 2.05) is 0 Å². The van der Waals surface area contributed by atoms with E-state index in [4.69, 9.17) is 10.5 Å². The molecule has 0 radical (unpaired) electrons. The fourth-order valence-electron chi connectivity index (χ4n) is 2.13. The number of ether oxygens (including phenoxy) is 1. The van der Waals surface area contributed by atoms with E-state index in [1.165, 1.54) is 0 Å². The molecule has 2 unspecified atom stereocenters. The Morgan fingerprint density at radius 2 is 2.33 bits per heavy atom. The third-order valence-electron chi connectivity index (χ3n) is 3.34. The third-order valence-corrected chi connectivity index (χ3v) is 3.34. The molecule has 88 valence electrons. The maximum atomic E-state index is 11.8. The summed E-state index contributed by atoms with van der Waals surface area (Å²) < 4.78 is 5.22. The zero-order valence-electron chi connectivity index (χ0n) is 9.71. The van der Waals surface area contributed by atoms with Crippen molar-refractivity contribution in [1.29, 1.82) is 0 Å². The van der Waals surface area contributed by atoms with Crippen LogP contribution in [0.4, 0.5) is 0 Å². The summed E-state index contributed by atoms with van der Waals surface area (Å²) in [5, 5.41) is 0. The molecule has 0 amide bonds. The van der Waals surface area contributed by atoms with Gasteiger partial charge in [-0.3, -0.25) is 4.79 Å². The molecule has 15 heavy (non-hydrogen) atoms. The van der Waals surface area contributed by atoms with Crippen molar-refractivity contribution in [3.05, 3.63) is 0 Å². The first kappa shape index (κ1) is 12.7. The molecule has 2 atom stereocenters. The predicted octanol–water partition coefficient (Wildman–Crippen LogP) is 1.75. The van der Waals surface area contributed by atoms with Gasteiger partial charge in [-0.05, 0) is 31.7 Å². The molecule has 1 aliphatic rings. The van der Waals surface area contributed by atoms with Gasteiger partial charge in [-0.1, -0.05) is 13.3 Å². The lowest BCUT2D eigenvalue weighted by Gasteiger charge is -2.14. The molecule has 3 heteroatoms. The minimum absolute atomic E-state index is 0.181. The van der Waals surface area contributed by atoms with E-state index in [0.717, 1.165) is 38.8 Å². The molecule has 1 aliphatic heterocycles. The van der Waals surface area contributed by atoms with Crippen molar-refractivity contribution in [2.75, 3.05) is 19.8 Å². The van der Waals surface area contributed by atoms with Crippen molar-refractivity contribution in [1.82, 2.24) is 0 Å². The Kier molecular flexibility index (Phi) is 5.88. The maximum Gasteiger partial charge on any atom is 0.138 e. The molecule has 1 rings (SSSR count). The van der Waals surface area contributed by atoms with Gasteiger partial charge in [0, 0.05) is 18.9 Å². The number of carbonyl (C=O) groups is 1. The van der Waals surface area contributed by atoms with Gasteiger partial charge in [0.1, 0.15) is 5.78 Å². The molecule has 0 bridgehead atoms. The maximum absolute atomic E-state index is 11.8. The fraction of sp³-hybridized carbons (Fsp3) is 0.917. The Hall–Kier alpha value is -0.410. The summed E-state index contributed by atoms with van der Waals surface area (Å²) in [5.41, 5.74) is 5.53. The van der Waals surface area contributed by atoms with Gasteiger partial charge in [-0.2, -0.15) is 0 Å². The van der Waals surface area contributed by atoms with Gasteiger partial charge in [-0.15, -0.1) is 0 Å². The SMILES string of the molecule is CCC(CCN)CCC(=O)C1CCOC1. The monoisotopic (exact) mass is 213 g/mol. The first-order chi connectivity index (χ1) is 7.27. The Morgan fingerprint density at radius 1 is 1.53 bits per heavy atom. The van der Waals surface area contributed by atoms with E-state index >= 15 is 0 Å². The van der Waals surface area contributed by atoms with Crippen molar-refractivity contribution in [2.45, 2.75) is 39.0 Å². The summed E-state index contributed by atoms with van der Waals surface area (Å²) in [6.45, 7) is 4.31. The molecule has 0 aromatic rings. The average Bonchev–Trinajstić information content (AvgIpc) is 2.77. The predicted molar refractivity (Wildman–Crippen MR) is 60.6 cm³/mol. The summed E-state index contributed by atoms with van der Waals surface area (Å²) in [5.74, 6) is 1.20. The van der Waals surface area contributed by atoms with Crippen molar-refractivity contribution >= 4 is 5.78 Å². The van der Waals surface area contributed by atoms with Gasteiger partial charge in [0.15, 0.2) is 0 Å². The van der Waals surface area contributed by atoms with Crippen LogP contribution in [-0.4, -0.2) is 25.5 Å². The number of nitrogens with two attached hydrogens (primary N) is 1. The molecule has 0 spiro atoms. The third kappa shape index (κ3) is 4.31. The molecule has 1 saturated heterocycles. The number of hydrogen-bond acceptors (Lipinski definition) is 3. The lowest BCUT2D eigenvalue weighted by Crippen LogP contribution is -2.16. The van der Waals surface area contributed by atoms with Crippen molar-refractivity contribution in [2.24, 2.45) is 17.6 Å². The van der Waals surface area contributed by atoms with Gasteiger partial charge >= 0.3 is 0 Å². The minimum atomic E-state index is 0.181. The second-order valence-corrected chi connectivity index (χ2v) is 4.42. The number of carbonyl (C=O) groups excluding carboxylic acids is 1. The molecule has 3 nitrogen and oxygen atoms in total. The zero-order chi connectivity index (χ0) is 11.1. The smallest absolute Gasteiger partial charge is 0.138 e. The van der Waals surface area contributed by atoms with E-state index < -0.39 is 0 Å². The Morgan fingerprint density at radius 3 is 2.87 bits per heavy atom. The first-order valence-electron chi connectivity index (χ1n) is 6.08. The van der Waals surface area contributed by atoms with Crippen LogP contribution in [0.15, 0.2) is 0 Å². The van der Waals surface area contributed by atoms with Crippen LogP contribution in [0.2, 0.25) is 0 Å². The van der Waals surface area contributed by atoms with Crippen LogP contribution in [0.25, 0.3) is 0 Å². The van der Waals surface area contributed by atoms with Gasteiger partial charge in [0.25, 0.3) is 0 Å². The Labute approximate surface area is 92.4 Å². The van der Waals surface area contributed by atoms with E-state index in [9.17, 15) is 4.79 Å². The molecule has 2 N–H and O–H groups in total. The summed E-state index contributed by atoms with van der Waals surface area (Å²) in [4.78, 5) is 11.8. The average molecular weight is 213 g/mol. The number of ketones is 1. The molecule has 0 aromatic heterocycles. The lowest BCUT2D eigenvalue weighted by molar-refractivity contribution is -0.123. The molecular formula is C12H23NO2. The van der Waals surface area contributed by atoms with Crippen LogP contribution < -0.4 is 5.73 Å². The summed E-state index contributed by atoms with van der Waals surface area (Å²) >= 11 is 0. The number of Topliss-reactive ketones (excluding diaryl/α,β-unsaturated/α-hetero) is 1. The Balaban J connectivity index is 2.19. The number of hydrogen-bond donors (Lipinski definition) is 1. The van der Waals surface area contributed by atoms with Gasteiger partial charge in [-0.25, -0.2) is 0 Å². The molecule has 0 saturated carbocycles. The van der Waals surface area contributed by atoms with Crippen LogP contribution in [0, 0.1) is 11.8 Å². The summed E-state index contributed by atoms with van der Waals surface area (Å²) in [6.07, 6.45) is 4.82. The Bertz CT molecular complexity index is 188. The summed E-state index contributed by atoms with van der Waals surface area (Å²) in [6, 6.07) is 0. The largest absolute Gasteiger partial charge is 0.381 e. The highest BCUT2D eigenvalue weighted by Gasteiger charge is 2.23. The molecular weight excluding hydrogens is 190 g/mol. The fourth-order valence-corrected chi connectivity index (χ4v) is 2.13. The van der Waals surface area contributed by atoms with E-state index in [2.05, 4.69) is 6.92 Å². The number of rotatable bonds is 7. The zero-order valence-corrected chi connectivity index (χ0v) is 9.71. The molecule has 0 aromatic carbocycles. The van der Waals surface area contributed by atoms with E-state index in [0.29, 0.717) is 24.7 Å². The van der Waals surface area contributed by atoms with Crippen molar-refractivity contribution in [3.8, 4) is 0 Å². The van der Waals surface area contributed by atoms with Gasteiger partial charge in [0.05, 0.1) is 6.61 Å². The van der Waals surface area contributed by atoms with Gasteiger partial charge in [0.2, 0.25) is 0 Å². The van der Waals surface area contributed by atoms with E-state index in [1.54, 1.807) is 0 Å². The lowest BCUT2D eigenvalue weighted by atomic mass is 9.92. The van der Waals surface area contributed by atoms with Crippen molar-refractivity contribution in [3.63, 3.8) is 0 Å². The van der Waals surface area contributed by atoms with E-state index in [-0.39, 0.29) is 5.92 Å². The normalized spacial score (nSPS) is 22.9. The van der Waals surface area contributed by atoms with Crippen molar-refractivity contribution < 1.29 is 9.53 Å². The first-order valence-corrected chi connectivity index (χ1v) is 6.08. The quantitative estimate of drug-likeness (QED) is 0.701. The molecule has 1 heterocycles. The summed E-state index contributed by atoms with van der Waals surface area (Å²) in [7, 11) is 0. The van der Waals surface area contributed by atoms with Crippen LogP contribution in [0.5, 0.6) is 0 Å². The van der Waals surface area contributed by atoms with Crippen LogP contribution in [-0.2, 0) is 9.53 Å². The van der Waals surface area contributed by atoms with Crippen LogP contribution in [0.1, 0.15) is 39.0 Å². The highest BCUT2D eigenvalue weighted by atomic mass is 16.5. The standard InChI is InChI=1S/C12H23NO2/c1-2-10(5-7-13)3-4-12(14)11-6-8-15-9-11/h10-11H,2-9,13H2,1H3. The van der Waals surface area contributed by atoms with Crippen LogP contribution >= 0.6 is 0 Å². The highest BCUT2D eigenvalue weighted by Crippen LogP contribution is 2.20. The topological polar surface area (TPSA) is 52.3 Å². The molecule has 1 fully saturated rings. The second kappa shape index (κ2) is 6.96. The second-order valence-electron chi connectivity index (χ2n) is 4.42. The molecule has 0 aliphatic carbocycles. The minimum Gasteiger partial charge on any atom is -0.381 e. The van der Waals surface area contributed by atoms with Gasteiger partial charge < -0.3 is 10.5 Å².